The minimum Gasteiger partial charge on any atom is -0.455 e. The van der Waals surface area contributed by atoms with Crippen LogP contribution >= 0.6 is 43.5 Å². The Bertz CT molecular complexity index is 685. The standard InChI is InChI=1S/C13H5Br2ClFNO/c14-8-1-2-12(7(3-8)6-18)19-13-5-11(17)10(16)4-9(13)15/h1-5H. The Morgan fingerprint density at radius 2 is 1.89 bits per heavy atom. The molecule has 0 atom stereocenters. The third-order valence-corrected chi connectivity index (χ3v) is 3.66. The number of halogens is 4. The number of hydrogen-bond donors (Lipinski definition) is 0. The molecule has 19 heavy (non-hydrogen) atoms. The zero-order valence-electron chi connectivity index (χ0n) is 9.25. The van der Waals surface area contributed by atoms with Gasteiger partial charge in [-0.3, -0.25) is 0 Å². The van der Waals surface area contributed by atoms with Gasteiger partial charge in [0.15, 0.2) is 0 Å². The number of ether oxygens (including phenoxy) is 1. The van der Waals surface area contributed by atoms with Gasteiger partial charge in [0.25, 0.3) is 0 Å². The Morgan fingerprint density at radius 1 is 1.16 bits per heavy atom. The molecule has 2 nitrogen and oxygen atoms in total. The molecule has 0 N–H and O–H groups in total. The normalized spacial score (nSPS) is 10.1. The molecule has 0 aliphatic rings. The molecule has 0 aliphatic heterocycles. The van der Waals surface area contributed by atoms with Gasteiger partial charge in [-0.2, -0.15) is 5.26 Å². The molecule has 2 rings (SSSR count). The van der Waals surface area contributed by atoms with Crippen molar-refractivity contribution in [1.29, 1.82) is 5.26 Å². The first-order valence-corrected chi connectivity index (χ1v) is 6.99. The lowest BCUT2D eigenvalue weighted by atomic mass is 10.2. The van der Waals surface area contributed by atoms with Gasteiger partial charge in [0, 0.05) is 10.5 Å². The van der Waals surface area contributed by atoms with Crippen LogP contribution in [0.5, 0.6) is 11.5 Å². The highest BCUT2D eigenvalue weighted by atomic mass is 79.9. The molecule has 0 amide bonds. The first-order valence-electron chi connectivity index (χ1n) is 5.03. The molecule has 0 bridgehead atoms. The maximum absolute atomic E-state index is 13.4. The third kappa shape index (κ3) is 3.27. The van der Waals surface area contributed by atoms with Crippen LogP contribution in [0.2, 0.25) is 5.02 Å². The molecule has 0 radical (unpaired) electrons. The molecule has 0 heterocycles. The maximum Gasteiger partial charge on any atom is 0.145 e. The quantitative estimate of drug-likeness (QED) is 0.604. The predicted octanol–water partition coefficient (Wildman–Crippen LogP) is 5.67. The lowest BCUT2D eigenvalue weighted by Gasteiger charge is -2.10. The molecule has 0 aliphatic carbocycles. The Hall–Kier alpha value is -1.09. The molecular formula is C13H5Br2ClFNO. The van der Waals surface area contributed by atoms with Crippen molar-refractivity contribution in [2.45, 2.75) is 0 Å². The summed E-state index contributed by atoms with van der Waals surface area (Å²) in [7, 11) is 0. The second-order valence-electron chi connectivity index (χ2n) is 3.55. The SMILES string of the molecule is N#Cc1cc(Br)ccc1Oc1cc(F)c(Cl)cc1Br. The van der Waals surface area contributed by atoms with E-state index in [0.717, 1.165) is 10.5 Å². The van der Waals surface area contributed by atoms with E-state index in [-0.39, 0.29) is 10.8 Å². The van der Waals surface area contributed by atoms with Crippen LogP contribution in [0.25, 0.3) is 0 Å². The van der Waals surface area contributed by atoms with Crippen LogP contribution in [0.4, 0.5) is 4.39 Å². The van der Waals surface area contributed by atoms with E-state index in [2.05, 4.69) is 31.9 Å². The summed E-state index contributed by atoms with van der Waals surface area (Å²) in [6, 6.07) is 9.55. The fourth-order valence-electron chi connectivity index (χ4n) is 1.38. The third-order valence-electron chi connectivity index (χ3n) is 2.26. The molecule has 0 aromatic heterocycles. The van der Waals surface area contributed by atoms with Gasteiger partial charge in [-0.15, -0.1) is 0 Å². The highest BCUT2D eigenvalue weighted by Crippen LogP contribution is 2.35. The van der Waals surface area contributed by atoms with Crippen molar-refractivity contribution in [3.63, 3.8) is 0 Å². The van der Waals surface area contributed by atoms with Gasteiger partial charge in [-0.05, 0) is 40.2 Å². The van der Waals surface area contributed by atoms with E-state index < -0.39 is 5.82 Å². The number of benzene rings is 2. The molecule has 96 valence electrons. The van der Waals surface area contributed by atoms with Crippen LogP contribution in [-0.4, -0.2) is 0 Å². The van der Waals surface area contributed by atoms with Gasteiger partial charge < -0.3 is 4.74 Å². The van der Waals surface area contributed by atoms with Crippen molar-refractivity contribution in [3.05, 3.63) is 55.7 Å². The summed E-state index contributed by atoms with van der Waals surface area (Å²) in [4.78, 5) is 0. The van der Waals surface area contributed by atoms with Crippen molar-refractivity contribution in [1.82, 2.24) is 0 Å². The van der Waals surface area contributed by atoms with Crippen LogP contribution in [0.3, 0.4) is 0 Å². The topological polar surface area (TPSA) is 33.0 Å². The number of nitrogens with zero attached hydrogens (tertiary/aromatic N) is 1. The summed E-state index contributed by atoms with van der Waals surface area (Å²) < 4.78 is 20.2. The molecular weight excluding hydrogens is 400 g/mol. The largest absolute Gasteiger partial charge is 0.455 e. The summed E-state index contributed by atoms with van der Waals surface area (Å²) in [5.41, 5.74) is 0.344. The maximum atomic E-state index is 13.4. The van der Waals surface area contributed by atoms with Crippen LogP contribution in [0.1, 0.15) is 5.56 Å². The smallest absolute Gasteiger partial charge is 0.145 e. The van der Waals surface area contributed by atoms with Crippen molar-refractivity contribution >= 4 is 43.5 Å². The van der Waals surface area contributed by atoms with Gasteiger partial charge >= 0.3 is 0 Å². The van der Waals surface area contributed by atoms with E-state index in [0.29, 0.717) is 15.8 Å². The van der Waals surface area contributed by atoms with E-state index in [4.69, 9.17) is 21.6 Å². The molecule has 2 aromatic carbocycles. The Kier molecular flexibility index (Phi) is 4.46. The van der Waals surface area contributed by atoms with Crippen LogP contribution in [0, 0.1) is 17.1 Å². The summed E-state index contributed by atoms with van der Waals surface area (Å²) >= 11 is 12.1. The molecule has 0 spiro atoms. The zero-order chi connectivity index (χ0) is 14.0. The van der Waals surface area contributed by atoms with Crippen molar-refractivity contribution in [2.75, 3.05) is 0 Å². The molecule has 0 unspecified atom stereocenters. The Balaban J connectivity index is 2.42. The zero-order valence-corrected chi connectivity index (χ0v) is 13.2. The van der Waals surface area contributed by atoms with E-state index in [1.54, 1.807) is 18.2 Å². The predicted molar refractivity (Wildman–Crippen MR) is 78.0 cm³/mol. The lowest BCUT2D eigenvalue weighted by molar-refractivity contribution is 0.472. The molecule has 0 fully saturated rings. The van der Waals surface area contributed by atoms with Crippen molar-refractivity contribution in [3.8, 4) is 17.6 Å². The van der Waals surface area contributed by atoms with E-state index >= 15 is 0 Å². The number of hydrogen-bond acceptors (Lipinski definition) is 2. The minimum absolute atomic E-state index is 0.00413. The van der Waals surface area contributed by atoms with E-state index in [1.165, 1.54) is 6.07 Å². The fraction of sp³-hybridized carbons (Fsp3) is 0. The van der Waals surface area contributed by atoms with Gasteiger partial charge in [0.1, 0.15) is 23.4 Å². The van der Waals surface area contributed by atoms with Crippen molar-refractivity contribution in [2.24, 2.45) is 0 Å². The second-order valence-corrected chi connectivity index (χ2v) is 5.73. The summed E-state index contributed by atoms with van der Waals surface area (Å²) in [6.45, 7) is 0. The molecule has 2 aromatic rings. The Labute approximate surface area is 131 Å². The number of nitriles is 1. The second kappa shape index (κ2) is 5.91. The van der Waals surface area contributed by atoms with Gasteiger partial charge in [-0.1, -0.05) is 27.5 Å². The van der Waals surface area contributed by atoms with Gasteiger partial charge in [0.05, 0.1) is 15.1 Å². The summed E-state index contributed by atoms with van der Waals surface area (Å²) in [5.74, 6) is 0.00401. The van der Waals surface area contributed by atoms with Crippen LogP contribution in [-0.2, 0) is 0 Å². The van der Waals surface area contributed by atoms with Crippen LogP contribution < -0.4 is 4.74 Å². The van der Waals surface area contributed by atoms with E-state index in [9.17, 15) is 4.39 Å². The molecule has 0 saturated heterocycles. The average molecular weight is 405 g/mol. The minimum atomic E-state index is -0.588. The monoisotopic (exact) mass is 403 g/mol. The number of rotatable bonds is 2. The first-order chi connectivity index (χ1) is 9.01. The molecule has 0 saturated carbocycles. The van der Waals surface area contributed by atoms with Crippen molar-refractivity contribution < 1.29 is 9.13 Å². The molecule has 6 heteroatoms. The van der Waals surface area contributed by atoms with Crippen LogP contribution in [0.15, 0.2) is 39.3 Å². The highest BCUT2D eigenvalue weighted by molar-refractivity contribution is 9.10. The Morgan fingerprint density at radius 3 is 2.58 bits per heavy atom. The first kappa shape index (κ1) is 14.3. The highest BCUT2D eigenvalue weighted by Gasteiger charge is 2.11. The lowest BCUT2D eigenvalue weighted by Crippen LogP contribution is -1.91. The fourth-order valence-corrected chi connectivity index (χ4v) is 2.46. The summed E-state index contributed by atoms with van der Waals surface area (Å²) in [6.07, 6.45) is 0. The summed E-state index contributed by atoms with van der Waals surface area (Å²) in [5, 5.41) is 9.03. The van der Waals surface area contributed by atoms with E-state index in [1.807, 2.05) is 6.07 Å². The van der Waals surface area contributed by atoms with Gasteiger partial charge in [0.2, 0.25) is 0 Å². The van der Waals surface area contributed by atoms with Gasteiger partial charge in [-0.25, -0.2) is 4.39 Å². The average Bonchev–Trinajstić information content (AvgIpc) is 2.37.